The summed E-state index contributed by atoms with van der Waals surface area (Å²) in [6.07, 6.45) is 0.889. The molecule has 2 aliphatic heterocycles. The molecule has 8 rings (SSSR count). The van der Waals surface area contributed by atoms with Crippen LogP contribution in [0.1, 0.15) is 38.4 Å². The van der Waals surface area contributed by atoms with Crippen molar-refractivity contribution in [3.05, 3.63) is 119 Å². The molecule has 0 spiro atoms. The number of anilines is 1. The first kappa shape index (κ1) is 45.5. The Balaban J connectivity index is 0.984. The first-order valence-corrected chi connectivity index (χ1v) is 25.4. The van der Waals surface area contributed by atoms with Gasteiger partial charge in [-0.25, -0.2) is 31.5 Å². The topological polar surface area (TPSA) is 184 Å². The molecule has 1 atom stereocenters. The van der Waals surface area contributed by atoms with E-state index in [-0.39, 0.29) is 18.0 Å². The number of nitrogens with one attached hydrogen (secondary N) is 1. The lowest BCUT2D eigenvalue weighted by molar-refractivity contribution is -0.0436. The maximum atomic E-state index is 14.2. The van der Waals surface area contributed by atoms with Gasteiger partial charge >= 0.3 is 5.51 Å². The summed E-state index contributed by atoms with van der Waals surface area (Å²) >= 11 is 3.74. The number of benzene rings is 4. The molecule has 22 heteroatoms. The van der Waals surface area contributed by atoms with Crippen molar-refractivity contribution in [3.63, 3.8) is 0 Å². The number of sulfonamides is 1. The van der Waals surface area contributed by atoms with Crippen LogP contribution in [0.5, 0.6) is 0 Å². The molecule has 2 amide bonds. The second-order valence-electron chi connectivity index (χ2n) is 14.7. The van der Waals surface area contributed by atoms with Crippen LogP contribution in [0, 0.1) is 0 Å². The molecule has 64 heavy (non-hydrogen) atoms. The van der Waals surface area contributed by atoms with E-state index in [1.54, 1.807) is 12.1 Å². The molecule has 0 bridgehead atoms. The fourth-order valence-electron chi connectivity index (χ4n) is 7.10. The molecule has 2 aliphatic rings. The summed E-state index contributed by atoms with van der Waals surface area (Å²) in [5, 5.41) is 10.8. The van der Waals surface area contributed by atoms with Crippen LogP contribution in [0.4, 0.5) is 29.1 Å². The van der Waals surface area contributed by atoms with Crippen LogP contribution in [0.3, 0.4) is 0 Å². The highest BCUT2D eigenvalue weighted by atomic mass is 32.2. The zero-order valence-corrected chi connectivity index (χ0v) is 37.7. The maximum absolute atomic E-state index is 14.2. The van der Waals surface area contributed by atoms with Crippen molar-refractivity contribution in [1.29, 1.82) is 0 Å². The molecule has 2 aromatic heterocycles. The minimum Gasteiger partial charge on any atom is -0.379 e. The average Bonchev–Trinajstić information content (AvgIpc) is 3.95. The number of carbonyl (C=O) groups excluding carboxylic acids is 2. The smallest absolute Gasteiger partial charge is 0.379 e. The average molecular weight is 970 g/mol. The minimum absolute atomic E-state index is 0.229. The Hall–Kier alpha value is -5.10. The number of alkyl halides is 3. The van der Waals surface area contributed by atoms with E-state index in [2.05, 4.69) is 25.5 Å². The number of nitrogens with zero attached hydrogens (tertiary/aromatic N) is 6. The summed E-state index contributed by atoms with van der Waals surface area (Å²) in [4.78, 5) is 38.2. The van der Waals surface area contributed by atoms with Gasteiger partial charge in [0.1, 0.15) is 10.6 Å². The zero-order chi connectivity index (χ0) is 45.1. The summed E-state index contributed by atoms with van der Waals surface area (Å²) in [5.41, 5.74) is -3.91. The van der Waals surface area contributed by atoms with Crippen molar-refractivity contribution in [3.8, 4) is 0 Å². The number of thiazole rings is 2. The number of fused-ring (bicyclic) bond motifs is 2. The van der Waals surface area contributed by atoms with Gasteiger partial charge in [0.2, 0.25) is 5.13 Å². The summed E-state index contributed by atoms with van der Waals surface area (Å²) in [7, 11) is -11.1. The highest BCUT2D eigenvalue weighted by Gasteiger charge is 2.49. The van der Waals surface area contributed by atoms with Crippen molar-refractivity contribution < 1.29 is 44.3 Å². The lowest BCUT2D eigenvalue weighted by atomic mass is 9.94. The van der Waals surface area contributed by atoms with Gasteiger partial charge in [-0.15, -0.1) is 23.1 Å². The number of para-hydroxylation sites is 1. The van der Waals surface area contributed by atoms with Gasteiger partial charge in [-0.2, -0.15) is 18.5 Å². The number of hydrogen-bond acceptors (Lipinski definition) is 14. The van der Waals surface area contributed by atoms with Crippen LogP contribution < -0.4 is 20.3 Å². The van der Waals surface area contributed by atoms with Crippen LogP contribution in [0.2, 0.25) is 0 Å². The van der Waals surface area contributed by atoms with Crippen molar-refractivity contribution >= 4 is 92.3 Å². The molecular formula is C42H38F3N7O7S5. The quantitative estimate of drug-likeness (QED) is 0.105. The Morgan fingerprint density at radius 2 is 1.69 bits per heavy atom. The number of rotatable bonds is 15. The van der Waals surface area contributed by atoms with Crippen LogP contribution in [-0.2, 0) is 37.6 Å². The number of halogens is 3. The number of sulfone groups is 1. The molecule has 0 saturated carbocycles. The first-order chi connectivity index (χ1) is 30.6. The minimum atomic E-state index is -6.13. The fourth-order valence-corrected chi connectivity index (χ4v) is 11.7. The second-order valence-corrected chi connectivity index (χ2v) is 21.2. The van der Waals surface area contributed by atoms with Gasteiger partial charge in [0.15, 0.2) is 5.13 Å². The molecule has 0 aliphatic carbocycles. The summed E-state index contributed by atoms with van der Waals surface area (Å²) in [6, 6.07) is 23.6. The monoisotopic (exact) mass is 969 g/mol. The fraction of sp³-hybridized carbons (Fsp3) is 0.286. The van der Waals surface area contributed by atoms with E-state index >= 15 is 0 Å². The van der Waals surface area contributed by atoms with E-state index in [9.17, 15) is 39.6 Å². The van der Waals surface area contributed by atoms with Gasteiger partial charge in [-0.05, 0) is 72.5 Å². The maximum Gasteiger partial charge on any atom is 0.501 e. The van der Waals surface area contributed by atoms with Crippen LogP contribution in [0.25, 0.3) is 10.2 Å². The lowest BCUT2D eigenvalue weighted by Crippen LogP contribution is -2.39. The third-order valence-electron chi connectivity index (χ3n) is 10.4. The Labute approximate surface area is 379 Å². The normalized spacial score (nSPS) is 15.4. The summed E-state index contributed by atoms with van der Waals surface area (Å²) in [6.45, 7) is 3.53. The number of hydrogen-bond donors (Lipinski definition) is 1. The van der Waals surface area contributed by atoms with Gasteiger partial charge in [0, 0.05) is 54.3 Å². The molecule has 2 radical (unpaired) electrons. The molecule has 1 saturated heterocycles. The third kappa shape index (κ3) is 10.4. The SMILES string of the molecule is O=C(NS(=O)(=O)c1ccc([N][C@H](CCN2CCOCC2)CSc2ccccc2)c(S(=O)(=O)C(F)(F)F)c1)c1csc(N2CCc3cccc(C(=O)[N]c4nc5ccccc5s4)c3C2)n1. The lowest BCUT2D eigenvalue weighted by Gasteiger charge is -2.29. The number of carbonyl (C=O) groups is 2. The van der Waals surface area contributed by atoms with E-state index in [0.29, 0.717) is 79.7 Å². The predicted molar refractivity (Wildman–Crippen MR) is 238 cm³/mol. The molecule has 1 fully saturated rings. The van der Waals surface area contributed by atoms with Crippen molar-refractivity contribution in [2.24, 2.45) is 0 Å². The van der Waals surface area contributed by atoms with E-state index in [1.807, 2.05) is 70.3 Å². The van der Waals surface area contributed by atoms with Crippen molar-refractivity contribution in [2.75, 3.05) is 50.0 Å². The second kappa shape index (κ2) is 19.2. The Kier molecular flexibility index (Phi) is 13.6. The van der Waals surface area contributed by atoms with E-state index in [0.717, 1.165) is 44.1 Å². The molecule has 0 unspecified atom stereocenters. The Morgan fingerprint density at radius 3 is 2.45 bits per heavy atom. The van der Waals surface area contributed by atoms with E-state index in [4.69, 9.17) is 4.74 Å². The highest BCUT2D eigenvalue weighted by Crippen LogP contribution is 2.37. The first-order valence-electron chi connectivity index (χ1n) is 19.8. The number of ether oxygens (including phenoxy) is 1. The predicted octanol–water partition coefficient (Wildman–Crippen LogP) is 6.92. The van der Waals surface area contributed by atoms with E-state index in [1.165, 1.54) is 28.5 Å². The standard InChI is InChI=1S/C42H38F3N7O7S5/c43-42(44,45)63(55,56)37-23-30(13-14-34(37)46-28(16-17-51-19-21-59-22-20-51)25-60-29-8-2-1-3-9-29)64(57,58)50-39(54)35-26-61-41(48-35)52-18-15-27-7-6-10-31(32(27)24-52)38(53)49-40-47-33-11-4-5-12-36(33)62-40/h1-14,23,26,28H,15-22,24-25H2,(H,50,54)/t28-/m1/s1. The molecule has 4 aromatic carbocycles. The molecule has 334 valence electrons. The van der Waals surface area contributed by atoms with Crippen molar-refractivity contribution in [2.45, 2.75) is 45.6 Å². The Morgan fingerprint density at radius 1 is 0.922 bits per heavy atom. The number of morpholine rings is 1. The van der Waals surface area contributed by atoms with Crippen LogP contribution >= 0.6 is 34.4 Å². The molecule has 14 nitrogen and oxygen atoms in total. The highest BCUT2D eigenvalue weighted by molar-refractivity contribution is 7.99. The largest absolute Gasteiger partial charge is 0.501 e. The molecule has 6 aromatic rings. The van der Waals surface area contributed by atoms with Gasteiger partial charge in [-0.1, -0.05) is 53.8 Å². The summed E-state index contributed by atoms with van der Waals surface area (Å²) < 4.78 is 104. The van der Waals surface area contributed by atoms with Crippen LogP contribution in [-0.4, -0.2) is 100 Å². The van der Waals surface area contributed by atoms with Crippen molar-refractivity contribution in [1.82, 2.24) is 30.2 Å². The van der Waals surface area contributed by atoms with E-state index < -0.39 is 58.7 Å². The molecule has 1 N–H and O–H groups in total. The molecule has 4 heterocycles. The summed E-state index contributed by atoms with van der Waals surface area (Å²) in [5.74, 6) is -1.38. The van der Waals surface area contributed by atoms with Gasteiger partial charge in [0.25, 0.3) is 31.7 Å². The van der Waals surface area contributed by atoms with Gasteiger partial charge in [0.05, 0.1) is 40.1 Å². The number of thioether (sulfide) groups is 1. The van der Waals surface area contributed by atoms with Crippen LogP contribution in [0.15, 0.2) is 111 Å². The van der Waals surface area contributed by atoms with Gasteiger partial charge < -0.3 is 9.64 Å². The number of amides is 2. The Bertz CT molecular complexity index is 2860. The molecular weight excluding hydrogens is 932 g/mol. The third-order valence-corrected chi connectivity index (χ3v) is 16.3. The zero-order valence-electron chi connectivity index (χ0n) is 33.6. The number of aromatic nitrogens is 2. The van der Waals surface area contributed by atoms with Gasteiger partial charge in [-0.3, -0.25) is 19.8 Å².